The van der Waals surface area contributed by atoms with Gasteiger partial charge >= 0.3 is 0 Å². The predicted molar refractivity (Wildman–Crippen MR) is 74.7 cm³/mol. The third-order valence-electron chi connectivity index (χ3n) is 4.39. The molecule has 0 radical (unpaired) electrons. The monoisotopic (exact) mass is 320 g/mol. The number of aliphatic hydroxyl groups is 1. The Morgan fingerprint density at radius 1 is 1.28 bits per heavy atom. The molecule has 0 bridgehead atoms. The van der Waals surface area contributed by atoms with Gasteiger partial charge in [-0.3, -0.25) is 0 Å². The standard InChI is InChI=1S/C14H25BrO3/c1-10(2)12-5-4-11(3)6-14(12)17-8-13(16,7-15)9-18-14/h10-12,16H,4-9H2,1-3H3. The first-order chi connectivity index (χ1) is 8.41. The van der Waals surface area contributed by atoms with E-state index in [0.717, 1.165) is 12.8 Å². The third kappa shape index (κ3) is 2.77. The van der Waals surface area contributed by atoms with Crippen molar-refractivity contribution in [1.82, 2.24) is 0 Å². The molecule has 2 unspecified atom stereocenters. The van der Waals surface area contributed by atoms with Crippen molar-refractivity contribution in [1.29, 1.82) is 0 Å². The van der Waals surface area contributed by atoms with Gasteiger partial charge in [0.05, 0.1) is 13.2 Å². The van der Waals surface area contributed by atoms with Crippen LogP contribution in [-0.2, 0) is 9.47 Å². The first kappa shape index (κ1) is 14.8. The molecule has 2 atom stereocenters. The fraction of sp³-hybridized carbons (Fsp3) is 1.00. The van der Waals surface area contributed by atoms with Gasteiger partial charge in [-0.25, -0.2) is 0 Å². The Balaban J connectivity index is 2.12. The zero-order chi connectivity index (χ0) is 13.4. The summed E-state index contributed by atoms with van der Waals surface area (Å²) in [5, 5.41) is 10.7. The Hall–Kier alpha value is 0.360. The Kier molecular flexibility index (Phi) is 4.42. The highest BCUT2D eigenvalue weighted by Crippen LogP contribution is 2.46. The van der Waals surface area contributed by atoms with E-state index in [1.807, 2.05) is 0 Å². The van der Waals surface area contributed by atoms with E-state index in [0.29, 0.717) is 36.3 Å². The van der Waals surface area contributed by atoms with Crippen LogP contribution in [-0.4, -0.2) is 35.0 Å². The summed E-state index contributed by atoms with van der Waals surface area (Å²) in [5.74, 6) is 1.16. The summed E-state index contributed by atoms with van der Waals surface area (Å²) in [6.07, 6.45) is 3.36. The van der Waals surface area contributed by atoms with Crippen molar-refractivity contribution in [2.45, 2.75) is 51.4 Å². The van der Waals surface area contributed by atoms with Gasteiger partial charge in [0.15, 0.2) is 5.79 Å². The third-order valence-corrected chi connectivity index (χ3v) is 5.44. The van der Waals surface area contributed by atoms with Gasteiger partial charge in [-0.15, -0.1) is 0 Å². The van der Waals surface area contributed by atoms with Crippen molar-refractivity contribution in [3.63, 3.8) is 0 Å². The molecule has 106 valence electrons. The number of rotatable bonds is 2. The van der Waals surface area contributed by atoms with Crippen molar-refractivity contribution >= 4 is 15.9 Å². The van der Waals surface area contributed by atoms with Crippen LogP contribution in [0.4, 0.5) is 0 Å². The largest absolute Gasteiger partial charge is 0.384 e. The van der Waals surface area contributed by atoms with E-state index in [1.165, 1.54) is 6.42 Å². The summed E-state index contributed by atoms with van der Waals surface area (Å²) in [5.41, 5.74) is -0.868. The first-order valence-corrected chi connectivity index (χ1v) is 8.09. The maximum Gasteiger partial charge on any atom is 0.171 e. The molecule has 4 heteroatoms. The molecule has 1 aliphatic heterocycles. The molecule has 0 aromatic heterocycles. The molecular formula is C14H25BrO3. The molecule has 1 aliphatic carbocycles. The lowest BCUT2D eigenvalue weighted by Crippen LogP contribution is -2.60. The van der Waals surface area contributed by atoms with Crippen molar-refractivity contribution in [3.05, 3.63) is 0 Å². The van der Waals surface area contributed by atoms with Crippen molar-refractivity contribution in [2.24, 2.45) is 17.8 Å². The molecule has 2 aliphatic rings. The zero-order valence-electron chi connectivity index (χ0n) is 11.6. The van der Waals surface area contributed by atoms with Crippen LogP contribution in [0, 0.1) is 17.8 Å². The lowest BCUT2D eigenvalue weighted by molar-refractivity contribution is -0.352. The van der Waals surface area contributed by atoms with Gasteiger partial charge in [-0.1, -0.05) is 43.1 Å². The van der Waals surface area contributed by atoms with Crippen LogP contribution in [0.15, 0.2) is 0 Å². The molecule has 3 nitrogen and oxygen atoms in total. The molecule has 2 rings (SSSR count). The quantitative estimate of drug-likeness (QED) is 0.795. The average Bonchev–Trinajstić information content (AvgIpc) is 2.33. The van der Waals surface area contributed by atoms with Gasteiger partial charge < -0.3 is 14.6 Å². The number of ether oxygens (including phenoxy) is 2. The molecule has 0 amide bonds. The lowest BCUT2D eigenvalue weighted by Gasteiger charge is -2.52. The predicted octanol–water partition coefficient (Wildman–Crippen LogP) is 2.95. The van der Waals surface area contributed by atoms with Gasteiger partial charge in [0, 0.05) is 17.7 Å². The minimum absolute atomic E-state index is 0.369. The Bertz CT molecular complexity index is 285. The van der Waals surface area contributed by atoms with E-state index < -0.39 is 11.4 Å². The molecule has 0 aromatic rings. The fourth-order valence-electron chi connectivity index (χ4n) is 3.27. The molecule has 18 heavy (non-hydrogen) atoms. The van der Waals surface area contributed by atoms with E-state index in [1.54, 1.807) is 0 Å². The molecular weight excluding hydrogens is 296 g/mol. The number of hydrogen-bond donors (Lipinski definition) is 1. The highest BCUT2D eigenvalue weighted by molar-refractivity contribution is 9.09. The molecule has 1 N–H and O–H groups in total. The van der Waals surface area contributed by atoms with Gasteiger partial charge in [0.25, 0.3) is 0 Å². The summed E-state index contributed by atoms with van der Waals surface area (Å²) >= 11 is 3.33. The summed E-state index contributed by atoms with van der Waals surface area (Å²) in [6, 6.07) is 0. The topological polar surface area (TPSA) is 38.7 Å². The summed E-state index contributed by atoms with van der Waals surface area (Å²) in [7, 11) is 0. The van der Waals surface area contributed by atoms with Crippen LogP contribution in [0.3, 0.4) is 0 Å². The van der Waals surface area contributed by atoms with Crippen LogP contribution in [0.25, 0.3) is 0 Å². The van der Waals surface area contributed by atoms with Crippen LogP contribution in [0.2, 0.25) is 0 Å². The molecule has 1 heterocycles. The number of hydrogen-bond acceptors (Lipinski definition) is 3. The van der Waals surface area contributed by atoms with Gasteiger partial charge in [0.2, 0.25) is 0 Å². The highest BCUT2D eigenvalue weighted by atomic mass is 79.9. The number of alkyl halides is 1. The van der Waals surface area contributed by atoms with Crippen molar-refractivity contribution in [3.8, 4) is 0 Å². The fourth-order valence-corrected chi connectivity index (χ4v) is 3.59. The second-order valence-electron chi connectivity index (χ2n) is 6.48. The van der Waals surface area contributed by atoms with E-state index in [4.69, 9.17) is 9.47 Å². The van der Waals surface area contributed by atoms with Crippen molar-refractivity contribution in [2.75, 3.05) is 18.5 Å². The number of halogens is 1. The summed E-state index contributed by atoms with van der Waals surface area (Å²) < 4.78 is 12.1. The highest BCUT2D eigenvalue weighted by Gasteiger charge is 2.51. The van der Waals surface area contributed by atoms with Crippen molar-refractivity contribution < 1.29 is 14.6 Å². The summed E-state index contributed by atoms with van der Waals surface area (Å²) in [4.78, 5) is 0. The maximum atomic E-state index is 10.2. The van der Waals surface area contributed by atoms with Crippen LogP contribution in [0.1, 0.15) is 40.0 Å². The normalized spacial score (nSPS) is 45.7. The molecule has 1 saturated heterocycles. The second-order valence-corrected chi connectivity index (χ2v) is 7.05. The van der Waals surface area contributed by atoms with E-state index in [9.17, 15) is 5.11 Å². The molecule has 0 aromatic carbocycles. The van der Waals surface area contributed by atoms with Gasteiger partial charge in [0.1, 0.15) is 5.60 Å². The van der Waals surface area contributed by atoms with Gasteiger partial charge in [-0.05, 0) is 18.3 Å². The SMILES string of the molecule is CC1CCC(C(C)C)C2(C1)OCC(O)(CBr)CO2. The smallest absolute Gasteiger partial charge is 0.171 e. The Morgan fingerprint density at radius 2 is 1.89 bits per heavy atom. The van der Waals surface area contributed by atoms with Crippen LogP contribution in [0.5, 0.6) is 0 Å². The average molecular weight is 321 g/mol. The molecule has 1 spiro atoms. The molecule has 1 saturated carbocycles. The molecule has 2 fully saturated rings. The van der Waals surface area contributed by atoms with E-state index >= 15 is 0 Å². The Labute approximate surface area is 118 Å². The van der Waals surface area contributed by atoms with Gasteiger partial charge in [-0.2, -0.15) is 0 Å². The zero-order valence-corrected chi connectivity index (χ0v) is 13.2. The lowest BCUT2D eigenvalue weighted by atomic mass is 9.72. The van der Waals surface area contributed by atoms with Crippen LogP contribution >= 0.6 is 15.9 Å². The van der Waals surface area contributed by atoms with E-state index in [-0.39, 0.29) is 0 Å². The van der Waals surface area contributed by atoms with Crippen LogP contribution < -0.4 is 0 Å². The second kappa shape index (κ2) is 5.39. The van der Waals surface area contributed by atoms with E-state index in [2.05, 4.69) is 36.7 Å². The maximum absolute atomic E-state index is 10.2. The minimum atomic E-state index is -0.868. The minimum Gasteiger partial charge on any atom is -0.384 e. The Morgan fingerprint density at radius 3 is 2.39 bits per heavy atom. The summed E-state index contributed by atoms with van der Waals surface area (Å²) in [6.45, 7) is 7.47. The first-order valence-electron chi connectivity index (χ1n) is 6.97.